The summed E-state index contributed by atoms with van der Waals surface area (Å²) in [6.45, 7) is 13.1. The highest BCUT2D eigenvalue weighted by Gasteiger charge is 2.23. The lowest BCUT2D eigenvalue weighted by molar-refractivity contribution is -0.125. The Balaban J connectivity index is 2.55. The molecule has 152 valence electrons. The Morgan fingerprint density at radius 2 is 1.78 bits per heavy atom. The number of ether oxygens (including phenoxy) is 1. The number of hydrogen-bond donors (Lipinski definition) is 2. The number of amides is 2. The number of carbonyl (C=O) groups is 3. The fourth-order valence-corrected chi connectivity index (χ4v) is 3.18. The van der Waals surface area contributed by atoms with Gasteiger partial charge in [-0.3, -0.25) is 9.59 Å². The summed E-state index contributed by atoms with van der Waals surface area (Å²) in [5.41, 5.74) is 0.183. The largest absolute Gasteiger partial charge is 0.451 e. The van der Waals surface area contributed by atoms with Gasteiger partial charge in [0.25, 0.3) is 5.91 Å². The van der Waals surface area contributed by atoms with Crippen LogP contribution >= 0.6 is 11.3 Å². The van der Waals surface area contributed by atoms with Gasteiger partial charge in [0, 0.05) is 11.5 Å². The number of aryl methyl sites for hydroxylation is 1. The van der Waals surface area contributed by atoms with Gasteiger partial charge in [-0.1, -0.05) is 34.6 Å². The zero-order valence-corrected chi connectivity index (χ0v) is 18.2. The molecule has 1 heterocycles. The zero-order valence-electron chi connectivity index (χ0n) is 17.4. The van der Waals surface area contributed by atoms with Crippen molar-refractivity contribution in [2.45, 2.75) is 67.3 Å². The van der Waals surface area contributed by atoms with Gasteiger partial charge < -0.3 is 15.4 Å². The van der Waals surface area contributed by atoms with E-state index in [0.717, 1.165) is 24.2 Å². The van der Waals surface area contributed by atoms with E-state index in [-0.39, 0.29) is 24.5 Å². The van der Waals surface area contributed by atoms with Gasteiger partial charge in [-0.05, 0) is 44.2 Å². The maximum absolute atomic E-state index is 12.3. The van der Waals surface area contributed by atoms with Gasteiger partial charge in [-0.25, -0.2) is 4.79 Å². The highest BCUT2D eigenvalue weighted by atomic mass is 32.1. The number of rotatable bonds is 8. The lowest BCUT2D eigenvalue weighted by Gasteiger charge is -2.16. The Kier molecular flexibility index (Phi) is 8.47. The third-order valence-electron chi connectivity index (χ3n) is 3.94. The molecule has 0 spiro atoms. The molecule has 7 heteroatoms. The Labute approximate surface area is 166 Å². The summed E-state index contributed by atoms with van der Waals surface area (Å²) in [5, 5.41) is 6.23. The molecule has 2 amide bonds. The van der Waals surface area contributed by atoms with Gasteiger partial charge in [-0.2, -0.15) is 0 Å². The molecule has 6 nitrogen and oxygen atoms in total. The number of carbonyl (C=O) groups excluding carboxylic acids is 3. The van der Waals surface area contributed by atoms with Crippen molar-refractivity contribution in [1.29, 1.82) is 0 Å². The van der Waals surface area contributed by atoms with Gasteiger partial charge in [-0.15, -0.1) is 11.3 Å². The molecule has 0 aliphatic rings. The Bertz CT molecular complexity index is 674. The molecule has 0 saturated carbocycles. The van der Waals surface area contributed by atoms with E-state index in [1.54, 1.807) is 13.0 Å². The minimum absolute atomic E-state index is 0.0429. The van der Waals surface area contributed by atoms with Gasteiger partial charge >= 0.3 is 5.97 Å². The Morgan fingerprint density at radius 3 is 2.33 bits per heavy atom. The number of anilines is 1. The van der Waals surface area contributed by atoms with E-state index < -0.39 is 11.4 Å². The Hall–Kier alpha value is -1.89. The molecule has 0 aromatic carbocycles. The van der Waals surface area contributed by atoms with Crippen molar-refractivity contribution in [3.8, 4) is 0 Å². The van der Waals surface area contributed by atoms with E-state index in [2.05, 4.69) is 24.5 Å². The first-order valence-electron chi connectivity index (χ1n) is 9.28. The minimum atomic E-state index is -0.557. The second-order valence-corrected chi connectivity index (χ2v) is 9.40. The van der Waals surface area contributed by atoms with E-state index in [1.807, 2.05) is 27.7 Å². The summed E-state index contributed by atoms with van der Waals surface area (Å²) in [6.07, 6.45) is 1.91. The summed E-state index contributed by atoms with van der Waals surface area (Å²) in [6, 6.07) is 1.78. The van der Waals surface area contributed by atoms with Crippen molar-refractivity contribution in [2.75, 3.05) is 11.9 Å². The van der Waals surface area contributed by atoms with Crippen LogP contribution in [-0.2, 0) is 14.3 Å². The van der Waals surface area contributed by atoms with Gasteiger partial charge in [0.15, 0.2) is 6.61 Å². The number of thiophene rings is 1. The number of nitrogens with one attached hydrogen (secondary N) is 2. The molecule has 0 radical (unpaired) electrons. The fourth-order valence-electron chi connectivity index (χ4n) is 2.21. The number of hydrogen-bond acceptors (Lipinski definition) is 5. The van der Waals surface area contributed by atoms with Crippen molar-refractivity contribution in [2.24, 2.45) is 11.3 Å². The molecule has 1 rings (SSSR count). The molecule has 0 unspecified atom stereocenters. The van der Waals surface area contributed by atoms with Gasteiger partial charge in [0.2, 0.25) is 5.91 Å². The summed E-state index contributed by atoms with van der Waals surface area (Å²) in [7, 11) is 0. The molecule has 0 saturated heterocycles. The zero-order chi connectivity index (χ0) is 20.8. The summed E-state index contributed by atoms with van der Waals surface area (Å²) in [5.74, 6) is -0.413. The highest BCUT2D eigenvalue weighted by molar-refractivity contribution is 7.18. The minimum Gasteiger partial charge on any atom is -0.451 e. The molecule has 0 aliphatic carbocycles. The third-order valence-corrected chi connectivity index (χ3v) is 5.07. The number of esters is 1. The second-order valence-electron chi connectivity index (χ2n) is 8.34. The van der Waals surface area contributed by atoms with Crippen molar-refractivity contribution in [3.63, 3.8) is 0 Å². The van der Waals surface area contributed by atoms with Crippen LogP contribution in [0.2, 0.25) is 0 Å². The van der Waals surface area contributed by atoms with Crippen LogP contribution in [0.5, 0.6) is 0 Å². The molecule has 2 N–H and O–H groups in total. The molecule has 1 aromatic rings. The van der Waals surface area contributed by atoms with Crippen LogP contribution in [-0.4, -0.2) is 30.4 Å². The predicted octanol–water partition coefficient (Wildman–Crippen LogP) is 4.14. The van der Waals surface area contributed by atoms with Crippen molar-refractivity contribution in [1.82, 2.24) is 5.32 Å². The van der Waals surface area contributed by atoms with E-state index in [1.165, 1.54) is 0 Å². The van der Waals surface area contributed by atoms with Crippen LogP contribution in [0.25, 0.3) is 0 Å². The third kappa shape index (κ3) is 8.12. The van der Waals surface area contributed by atoms with E-state index in [4.69, 9.17) is 4.74 Å². The van der Waals surface area contributed by atoms with Crippen molar-refractivity contribution in [3.05, 3.63) is 16.5 Å². The Morgan fingerprint density at radius 1 is 1.15 bits per heavy atom. The first-order valence-corrected chi connectivity index (χ1v) is 10.1. The van der Waals surface area contributed by atoms with E-state index in [0.29, 0.717) is 21.4 Å². The molecule has 1 aromatic heterocycles. The second kappa shape index (κ2) is 9.88. The summed E-state index contributed by atoms with van der Waals surface area (Å²) < 4.78 is 5.13. The molecule has 0 aliphatic heterocycles. The van der Waals surface area contributed by atoms with Crippen LogP contribution in [0.4, 0.5) is 5.00 Å². The fraction of sp³-hybridized carbons (Fsp3) is 0.650. The smallest absolute Gasteiger partial charge is 0.349 e. The summed E-state index contributed by atoms with van der Waals surface area (Å²) >= 11 is 1.15. The molecular formula is C20H32N2O4S. The molecule has 0 bridgehead atoms. The van der Waals surface area contributed by atoms with Gasteiger partial charge in [0.05, 0.1) is 5.00 Å². The SMILES string of the molecule is Cc1cc(NC(=O)C(C)(C)C)sc1C(=O)OCC(=O)N[C@H](C)CCC(C)C. The molecule has 27 heavy (non-hydrogen) atoms. The van der Waals surface area contributed by atoms with Crippen LogP contribution in [0, 0.1) is 18.3 Å². The topological polar surface area (TPSA) is 84.5 Å². The quantitative estimate of drug-likeness (QED) is 0.647. The van der Waals surface area contributed by atoms with Gasteiger partial charge in [0.1, 0.15) is 4.88 Å². The lowest BCUT2D eigenvalue weighted by Crippen LogP contribution is -2.36. The van der Waals surface area contributed by atoms with Crippen LogP contribution < -0.4 is 10.6 Å². The van der Waals surface area contributed by atoms with Crippen molar-refractivity contribution < 1.29 is 19.1 Å². The average Bonchev–Trinajstić information content (AvgIpc) is 2.90. The maximum Gasteiger partial charge on any atom is 0.349 e. The predicted molar refractivity (Wildman–Crippen MR) is 109 cm³/mol. The normalized spacial score (nSPS) is 12.6. The first kappa shape index (κ1) is 23.1. The van der Waals surface area contributed by atoms with Crippen molar-refractivity contribution >= 4 is 34.1 Å². The maximum atomic E-state index is 12.3. The molecule has 1 atom stereocenters. The van der Waals surface area contributed by atoms with E-state index >= 15 is 0 Å². The highest BCUT2D eigenvalue weighted by Crippen LogP contribution is 2.29. The monoisotopic (exact) mass is 396 g/mol. The van der Waals surface area contributed by atoms with Crippen LogP contribution in [0.3, 0.4) is 0 Å². The molecule has 0 fully saturated rings. The average molecular weight is 397 g/mol. The van der Waals surface area contributed by atoms with E-state index in [9.17, 15) is 14.4 Å². The van der Waals surface area contributed by atoms with Crippen LogP contribution in [0.15, 0.2) is 6.07 Å². The first-order chi connectivity index (χ1) is 12.4. The summed E-state index contributed by atoms with van der Waals surface area (Å²) in [4.78, 5) is 36.7. The standard InChI is InChI=1S/C20H32N2O4S/c1-12(2)8-9-14(4)21-15(23)11-26-18(24)17-13(3)10-16(27-17)22-19(25)20(5,6)7/h10,12,14H,8-9,11H2,1-7H3,(H,21,23)(H,22,25)/t14-/m1/s1. The lowest BCUT2D eigenvalue weighted by atomic mass is 9.96. The van der Waals surface area contributed by atoms with Crippen LogP contribution in [0.1, 0.15) is 69.6 Å². The molecular weight excluding hydrogens is 364 g/mol.